The highest BCUT2D eigenvalue weighted by Crippen LogP contribution is 2.51. The zero-order chi connectivity index (χ0) is 18.0. The normalized spacial score (nSPS) is 27.0. The number of hydroxylamine groups is 2. The Morgan fingerprint density at radius 3 is 2.58 bits per heavy atom. The van der Waals surface area contributed by atoms with Crippen molar-refractivity contribution < 1.29 is 19.2 Å². The number of hydrogen-bond acceptors (Lipinski definition) is 6. The van der Waals surface area contributed by atoms with Crippen LogP contribution < -0.4 is 0 Å². The van der Waals surface area contributed by atoms with Gasteiger partial charge in [-0.05, 0) is 43.2 Å². The molecule has 1 aliphatic carbocycles. The van der Waals surface area contributed by atoms with Crippen molar-refractivity contribution in [2.75, 3.05) is 32.8 Å². The maximum Gasteiger partial charge on any atom is 0.357 e. The van der Waals surface area contributed by atoms with E-state index in [0.717, 1.165) is 45.3 Å². The summed E-state index contributed by atoms with van der Waals surface area (Å²) in [6.07, 6.45) is 5.14. The standard InChI is InChI=1S/C20H26N2O4/c23-15-18-14-21(10-11-25-18)17-12-20(13-17)6-8-22(9-7-20)26-19(24)16-4-2-1-3-5-16/h1-5,15,17-18H,6-14H2/t18-/m1/s1. The molecule has 3 fully saturated rings. The first kappa shape index (κ1) is 17.6. The van der Waals surface area contributed by atoms with Gasteiger partial charge in [-0.15, -0.1) is 5.06 Å². The van der Waals surface area contributed by atoms with Gasteiger partial charge in [0.25, 0.3) is 0 Å². The van der Waals surface area contributed by atoms with Gasteiger partial charge in [0.2, 0.25) is 0 Å². The first-order chi connectivity index (χ1) is 12.7. The lowest BCUT2D eigenvalue weighted by Crippen LogP contribution is -2.58. The Hall–Kier alpha value is -1.76. The molecule has 6 nitrogen and oxygen atoms in total. The van der Waals surface area contributed by atoms with Gasteiger partial charge in [-0.25, -0.2) is 4.79 Å². The smallest absolute Gasteiger partial charge is 0.357 e. The minimum atomic E-state index is -0.277. The van der Waals surface area contributed by atoms with Gasteiger partial charge in [0.1, 0.15) is 12.4 Å². The maximum atomic E-state index is 12.2. The first-order valence-corrected chi connectivity index (χ1v) is 9.51. The second kappa shape index (κ2) is 7.47. The fourth-order valence-electron chi connectivity index (χ4n) is 4.51. The number of aldehydes is 1. The molecule has 2 saturated heterocycles. The molecular formula is C20H26N2O4. The summed E-state index contributed by atoms with van der Waals surface area (Å²) in [4.78, 5) is 31.1. The van der Waals surface area contributed by atoms with Crippen LogP contribution in [0.25, 0.3) is 0 Å². The number of piperidine rings is 1. The van der Waals surface area contributed by atoms with E-state index in [1.165, 1.54) is 12.8 Å². The molecule has 6 heteroatoms. The lowest BCUT2D eigenvalue weighted by Gasteiger charge is -2.55. The highest BCUT2D eigenvalue weighted by molar-refractivity contribution is 5.89. The molecule has 140 valence electrons. The van der Waals surface area contributed by atoms with Crippen LogP contribution in [0.4, 0.5) is 0 Å². The van der Waals surface area contributed by atoms with Crippen molar-refractivity contribution >= 4 is 12.3 Å². The van der Waals surface area contributed by atoms with Gasteiger partial charge in [-0.2, -0.15) is 0 Å². The quantitative estimate of drug-likeness (QED) is 0.767. The van der Waals surface area contributed by atoms with Crippen molar-refractivity contribution in [2.24, 2.45) is 5.41 Å². The predicted octanol–water partition coefficient (Wildman–Crippen LogP) is 1.90. The van der Waals surface area contributed by atoms with Gasteiger partial charge in [0.05, 0.1) is 12.2 Å². The zero-order valence-corrected chi connectivity index (χ0v) is 15.0. The molecule has 0 unspecified atom stereocenters. The lowest BCUT2D eigenvalue weighted by atomic mass is 9.60. The monoisotopic (exact) mass is 358 g/mol. The molecule has 2 aliphatic heterocycles. The van der Waals surface area contributed by atoms with Crippen LogP contribution in [-0.2, 0) is 14.4 Å². The van der Waals surface area contributed by atoms with Crippen molar-refractivity contribution in [2.45, 2.75) is 37.8 Å². The number of ether oxygens (including phenoxy) is 1. The van der Waals surface area contributed by atoms with Crippen molar-refractivity contribution in [1.82, 2.24) is 9.96 Å². The van der Waals surface area contributed by atoms with Gasteiger partial charge in [-0.1, -0.05) is 18.2 Å². The molecule has 0 N–H and O–H groups in total. The topological polar surface area (TPSA) is 59.1 Å². The Labute approximate surface area is 154 Å². The van der Waals surface area contributed by atoms with E-state index in [0.29, 0.717) is 23.6 Å². The molecule has 4 rings (SSSR count). The highest BCUT2D eigenvalue weighted by Gasteiger charge is 2.48. The van der Waals surface area contributed by atoms with Crippen molar-refractivity contribution in [3.63, 3.8) is 0 Å². The number of carbonyl (C=O) groups is 2. The lowest BCUT2D eigenvalue weighted by molar-refractivity contribution is -0.162. The third-order valence-electron chi connectivity index (χ3n) is 6.13. The second-order valence-corrected chi connectivity index (χ2v) is 7.78. The van der Waals surface area contributed by atoms with Crippen LogP contribution in [0.1, 0.15) is 36.0 Å². The van der Waals surface area contributed by atoms with Crippen LogP contribution in [0.3, 0.4) is 0 Å². The van der Waals surface area contributed by atoms with E-state index in [-0.39, 0.29) is 12.1 Å². The Bertz CT molecular complexity index is 634. The number of rotatable bonds is 4. The van der Waals surface area contributed by atoms with Gasteiger partial charge in [0.15, 0.2) is 0 Å². The molecule has 0 amide bonds. The van der Waals surface area contributed by atoms with Crippen molar-refractivity contribution in [1.29, 1.82) is 0 Å². The Morgan fingerprint density at radius 2 is 1.88 bits per heavy atom. The molecule has 1 aromatic rings. The van der Waals surface area contributed by atoms with E-state index in [4.69, 9.17) is 9.57 Å². The van der Waals surface area contributed by atoms with E-state index in [1.54, 1.807) is 12.1 Å². The van der Waals surface area contributed by atoms with Gasteiger partial charge < -0.3 is 14.4 Å². The summed E-state index contributed by atoms with van der Waals surface area (Å²) < 4.78 is 5.44. The minimum absolute atomic E-state index is 0.264. The van der Waals surface area contributed by atoms with Gasteiger partial charge >= 0.3 is 5.97 Å². The van der Waals surface area contributed by atoms with Crippen LogP contribution in [0.2, 0.25) is 0 Å². The molecule has 1 aromatic carbocycles. The predicted molar refractivity (Wildman–Crippen MR) is 95.5 cm³/mol. The van der Waals surface area contributed by atoms with Gasteiger partial charge in [0, 0.05) is 32.2 Å². The summed E-state index contributed by atoms with van der Waals surface area (Å²) in [5, 5.41) is 1.81. The molecule has 2 heterocycles. The largest absolute Gasteiger partial charge is 0.368 e. The molecule has 1 atom stereocenters. The molecule has 1 spiro atoms. The van der Waals surface area contributed by atoms with Crippen molar-refractivity contribution in [3.05, 3.63) is 35.9 Å². The molecule has 0 bridgehead atoms. The van der Waals surface area contributed by atoms with Crippen LogP contribution in [0.15, 0.2) is 30.3 Å². The Balaban J connectivity index is 1.23. The van der Waals surface area contributed by atoms with E-state index in [9.17, 15) is 9.59 Å². The summed E-state index contributed by atoms with van der Waals surface area (Å²) >= 11 is 0. The summed E-state index contributed by atoms with van der Waals surface area (Å²) in [6.45, 7) is 3.89. The summed E-state index contributed by atoms with van der Waals surface area (Å²) in [7, 11) is 0. The first-order valence-electron chi connectivity index (χ1n) is 9.51. The Morgan fingerprint density at radius 1 is 1.15 bits per heavy atom. The van der Waals surface area contributed by atoms with E-state index < -0.39 is 0 Å². The fourth-order valence-corrected chi connectivity index (χ4v) is 4.51. The maximum absolute atomic E-state index is 12.2. The molecule has 3 aliphatic rings. The van der Waals surface area contributed by atoms with E-state index >= 15 is 0 Å². The van der Waals surface area contributed by atoms with E-state index in [2.05, 4.69) is 4.90 Å². The number of morpholine rings is 1. The van der Waals surface area contributed by atoms with Crippen LogP contribution in [0.5, 0.6) is 0 Å². The van der Waals surface area contributed by atoms with Crippen LogP contribution in [0, 0.1) is 5.41 Å². The fraction of sp³-hybridized carbons (Fsp3) is 0.600. The molecule has 1 saturated carbocycles. The molecule has 0 aromatic heterocycles. The molecule has 26 heavy (non-hydrogen) atoms. The van der Waals surface area contributed by atoms with Gasteiger partial charge in [-0.3, -0.25) is 4.90 Å². The molecular weight excluding hydrogens is 332 g/mol. The second-order valence-electron chi connectivity index (χ2n) is 7.78. The Kier molecular flexibility index (Phi) is 5.07. The average Bonchev–Trinajstić information content (AvgIpc) is 2.67. The highest BCUT2D eigenvalue weighted by atomic mass is 16.7. The number of hydrogen-bond donors (Lipinski definition) is 0. The average molecular weight is 358 g/mol. The number of benzene rings is 1. The minimum Gasteiger partial charge on any atom is -0.368 e. The van der Waals surface area contributed by atoms with E-state index in [1.807, 2.05) is 23.3 Å². The summed E-state index contributed by atoms with van der Waals surface area (Å²) in [6, 6.07) is 9.70. The van der Waals surface area contributed by atoms with Crippen LogP contribution in [-0.4, -0.2) is 67.2 Å². The zero-order valence-electron chi connectivity index (χ0n) is 15.0. The van der Waals surface area contributed by atoms with Crippen molar-refractivity contribution in [3.8, 4) is 0 Å². The number of carbonyl (C=O) groups excluding carboxylic acids is 2. The third-order valence-corrected chi connectivity index (χ3v) is 6.13. The SMILES string of the molecule is O=C[C@H]1CN(C2CC3(CCN(OC(=O)c4ccccc4)CC3)C2)CCO1. The summed E-state index contributed by atoms with van der Waals surface area (Å²) in [5.74, 6) is -0.277. The molecule has 0 radical (unpaired) electrons. The summed E-state index contributed by atoms with van der Waals surface area (Å²) in [5.41, 5.74) is 0.975. The third kappa shape index (κ3) is 3.68. The van der Waals surface area contributed by atoms with Crippen LogP contribution >= 0.6 is 0 Å². The number of nitrogens with zero attached hydrogens (tertiary/aromatic N) is 2.